The van der Waals surface area contributed by atoms with Crippen molar-refractivity contribution < 1.29 is 22.6 Å². The van der Waals surface area contributed by atoms with Crippen molar-refractivity contribution in [3.8, 4) is 5.75 Å². The van der Waals surface area contributed by atoms with E-state index >= 15 is 0 Å². The van der Waals surface area contributed by atoms with Crippen LogP contribution in [0.2, 0.25) is 0 Å². The first kappa shape index (κ1) is 22.5. The van der Waals surface area contributed by atoms with Crippen LogP contribution in [0.1, 0.15) is 54.0 Å². The maximum absolute atomic E-state index is 13.6. The van der Waals surface area contributed by atoms with Crippen molar-refractivity contribution in [2.75, 3.05) is 20.8 Å². The smallest absolute Gasteiger partial charge is 0.433 e. The summed E-state index contributed by atoms with van der Waals surface area (Å²) in [5, 5.41) is 4.36. The normalized spacial score (nSPS) is 17.4. The molecule has 3 heterocycles. The third kappa shape index (κ3) is 4.45. The number of hydrogen-bond acceptors (Lipinski definition) is 5. The topological polar surface area (TPSA) is 51.9 Å². The van der Waals surface area contributed by atoms with Gasteiger partial charge >= 0.3 is 6.18 Å². The van der Waals surface area contributed by atoms with Crippen molar-refractivity contribution in [2.45, 2.75) is 51.6 Å². The lowest BCUT2D eigenvalue weighted by molar-refractivity contribution is -0.142. The molecule has 1 fully saturated rings. The van der Waals surface area contributed by atoms with E-state index in [1.54, 1.807) is 27.2 Å². The van der Waals surface area contributed by atoms with E-state index in [1.165, 1.54) is 0 Å². The number of halogens is 3. The summed E-state index contributed by atoms with van der Waals surface area (Å²) >= 11 is 0. The molecule has 1 atom stereocenters. The van der Waals surface area contributed by atoms with E-state index in [0.29, 0.717) is 31.0 Å². The molecule has 0 amide bonds. The molecule has 1 aliphatic rings. The third-order valence-corrected chi connectivity index (χ3v) is 5.89. The quantitative estimate of drug-likeness (QED) is 0.520. The van der Waals surface area contributed by atoms with Crippen LogP contribution in [0.25, 0.3) is 5.65 Å². The summed E-state index contributed by atoms with van der Waals surface area (Å²) in [4.78, 5) is 6.62. The van der Waals surface area contributed by atoms with Crippen molar-refractivity contribution >= 4 is 5.65 Å². The van der Waals surface area contributed by atoms with Crippen LogP contribution in [0.15, 0.2) is 30.3 Å². The summed E-state index contributed by atoms with van der Waals surface area (Å²) in [5.74, 6) is 0.777. The number of hydrogen-bond donors (Lipinski definition) is 0. The zero-order chi connectivity index (χ0) is 22.9. The number of alkyl halides is 3. The number of nitrogens with zero attached hydrogens (tertiary/aromatic N) is 4. The van der Waals surface area contributed by atoms with Crippen LogP contribution in [0, 0.1) is 0 Å². The molecule has 0 aliphatic carbocycles. The van der Waals surface area contributed by atoms with Crippen molar-refractivity contribution in [2.24, 2.45) is 0 Å². The molecule has 6 nitrogen and oxygen atoms in total. The molecule has 0 N–H and O–H groups in total. The van der Waals surface area contributed by atoms with Gasteiger partial charge in [0.1, 0.15) is 11.4 Å². The Labute approximate surface area is 185 Å². The molecular weight excluding hydrogens is 421 g/mol. The monoisotopic (exact) mass is 448 g/mol. The molecule has 1 unspecified atom stereocenters. The Bertz CT molecular complexity index is 1100. The van der Waals surface area contributed by atoms with Crippen molar-refractivity contribution in [1.29, 1.82) is 0 Å². The molecule has 1 aromatic carbocycles. The van der Waals surface area contributed by atoms with Gasteiger partial charge in [0.15, 0.2) is 5.65 Å². The minimum Gasteiger partial charge on any atom is -0.496 e. The molecule has 4 rings (SSSR count). The Balaban J connectivity index is 1.68. The Morgan fingerprint density at radius 1 is 1.16 bits per heavy atom. The molecule has 3 aromatic rings. The maximum Gasteiger partial charge on any atom is 0.433 e. The summed E-state index contributed by atoms with van der Waals surface area (Å²) in [6.45, 7) is 3.73. The Kier molecular flexibility index (Phi) is 6.39. The van der Waals surface area contributed by atoms with Gasteiger partial charge in [-0.15, -0.1) is 0 Å². The van der Waals surface area contributed by atoms with Gasteiger partial charge < -0.3 is 9.47 Å². The number of benzene rings is 1. The van der Waals surface area contributed by atoms with Gasteiger partial charge in [0.05, 0.1) is 25.5 Å². The Hall–Kier alpha value is -2.65. The fraction of sp³-hybridized carbons (Fsp3) is 0.478. The van der Waals surface area contributed by atoms with Crippen molar-refractivity contribution in [1.82, 2.24) is 19.5 Å². The third-order valence-electron chi connectivity index (χ3n) is 5.89. The van der Waals surface area contributed by atoms with E-state index < -0.39 is 11.9 Å². The fourth-order valence-corrected chi connectivity index (χ4v) is 4.37. The van der Waals surface area contributed by atoms with Crippen LogP contribution in [-0.2, 0) is 30.5 Å². The van der Waals surface area contributed by atoms with Crippen LogP contribution < -0.4 is 4.74 Å². The van der Waals surface area contributed by atoms with Gasteiger partial charge in [0.25, 0.3) is 0 Å². The molecule has 0 radical (unpaired) electrons. The van der Waals surface area contributed by atoms with Gasteiger partial charge in [0, 0.05) is 31.0 Å². The summed E-state index contributed by atoms with van der Waals surface area (Å²) in [5.41, 5.74) is 2.51. The van der Waals surface area contributed by atoms with Crippen LogP contribution >= 0.6 is 0 Å². The van der Waals surface area contributed by atoms with E-state index in [4.69, 9.17) is 9.47 Å². The van der Waals surface area contributed by atoms with Gasteiger partial charge in [-0.05, 0) is 49.6 Å². The summed E-state index contributed by atoms with van der Waals surface area (Å²) in [6.07, 6.45) is -2.31. The Morgan fingerprint density at radius 2 is 1.97 bits per heavy atom. The molecular formula is C23H27F3N4O2. The zero-order valence-corrected chi connectivity index (χ0v) is 18.4. The van der Waals surface area contributed by atoms with Crippen LogP contribution in [0.3, 0.4) is 0 Å². The second-order valence-corrected chi connectivity index (χ2v) is 8.03. The van der Waals surface area contributed by atoms with E-state index in [9.17, 15) is 13.2 Å². The standard InChI is InChI=1S/C23H27F3N4O2/c1-4-17-11-21(23(24,25)26)30-22(27-17)12-18(28-30)19-6-5-9-29(19)13-16-10-15(14-31-2)7-8-20(16)32-3/h7-8,10-12,19H,4-6,9,13-14H2,1-3H3. The highest BCUT2D eigenvalue weighted by Crippen LogP contribution is 2.36. The highest BCUT2D eigenvalue weighted by Gasteiger charge is 2.36. The van der Waals surface area contributed by atoms with Crippen molar-refractivity contribution in [3.05, 3.63) is 58.5 Å². The molecule has 2 aromatic heterocycles. The number of methoxy groups -OCH3 is 2. The minimum atomic E-state index is -4.50. The number of fused-ring (bicyclic) bond motifs is 1. The minimum absolute atomic E-state index is 0.0846. The van der Waals surface area contributed by atoms with Crippen LogP contribution in [0.5, 0.6) is 5.75 Å². The lowest BCUT2D eigenvalue weighted by atomic mass is 10.1. The molecule has 1 aliphatic heterocycles. The van der Waals surface area contributed by atoms with Gasteiger partial charge in [-0.1, -0.05) is 13.0 Å². The average molecular weight is 448 g/mol. The first-order valence-corrected chi connectivity index (χ1v) is 10.7. The lowest BCUT2D eigenvalue weighted by Crippen LogP contribution is -2.23. The molecule has 0 saturated carbocycles. The molecule has 0 spiro atoms. The first-order valence-electron chi connectivity index (χ1n) is 10.7. The highest BCUT2D eigenvalue weighted by molar-refractivity contribution is 5.44. The summed E-state index contributed by atoms with van der Waals surface area (Å²) in [6, 6.07) is 8.63. The zero-order valence-electron chi connectivity index (χ0n) is 18.4. The van der Waals surface area contributed by atoms with Gasteiger partial charge in [-0.2, -0.15) is 18.3 Å². The van der Waals surface area contributed by atoms with Gasteiger partial charge in [-0.25, -0.2) is 9.50 Å². The number of rotatable bonds is 7. The summed E-state index contributed by atoms with van der Waals surface area (Å²) < 4.78 is 52.6. The molecule has 32 heavy (non-hydrogen) atoms. The maximum atomic E-state index is 13.6. The molecule has 172 valence electrons. The van der Waals surface area contributed by atoms with E-state index in [-0.39, 0.29) is 11.7 Å². The number of ether oxygens (including phenoxy) is 2. The van der Waals surface area contributed by atoms with E-state index in [0.717, 1.165) is 46.8 Å². The molecule has 0 bridgehead atoms. The highest BCUT2D eigenvalue weighted by atomic mass is 19.4. The van der Waals surface area contributed by atoms with Crippen molar-refractivity contribution in [3.63, 3.8) is 0 Å². The van der Waals surface area contributed by atoms with E-state index in [2.05, 4.69) is 21.0 Å². The van der Waals surface area contributed by atoms with Gasteiger partial charge in [0.2, 0.25) is 0 Å². The summed E-state index contributed by atoms with van der Waals surface area (Å²) in [7, 11) is 3.28. The molecule has 9 heteroatoms. The fourth-order valence-electron chi connectivity index (χ4n) is 4.37. The lowest BCUT2D eigenvalue weighted by Gasteiger charge is -2.24. The average Bonchev–Trinajstić information content (AvgIpc) is 3.39. The van der Waals surface area contributed by atoms with Gasteiger partial charge in [-0.3, -0.25) is 4.90 Å². The SMILES string of the molecule is CCc1cc(C(F)(F)F)n2nc(C3CCCN3Cc3cc(COC)ccc3OC)cc2n1. The van der Waals surface area contributed by atoms with Crippen LogP contribution in [-0.4, -0.2) is 40.3 Å². The van der Waals surface area contributed by atoms with E-state index in [1.807, 2.05) is 12.1 Å². The predicted molar refractivity (Wildman–Crippen MR) is 113 cm³/mol. The first-order chi connectivity index (χ1) is 15.3. The number of likely N-dealkylation sites (tertiary alicyclic amines) is 1. The second kappa shape index (κ2) is 9.07. The number of aromatic nitrogens is 3. The Morgan fingerprint density at radius 3 is 2.66 bits per heavy atom. The van der Waals surface area contributed by atoms with Crippen LogP contribution in [0.4, 0.5) is 13.2 Å². The largest absolute Gasteiger partial charge is 0.496 e. The predicted octanol–water partition coefficient (Wildman–Crippen LogP) is 4.80. The molecule has 1 saturated heterocycles. The number of aryl methyl sites for hydroxylation is 1. The second-order valence-electron chi connectivity index (χ2n) is 8.03.